The molecule has 0 fully saturated rings. The number of carbonyl (C=O) groups excluding carboxylic acids is 4. The highest BCUT2D eigenvalue weighted by Gasteiger charge is 2.30. The molecule has 9 nitrogen and oxygen atoms in total. The van der Waals surface area contributed by atoms with Crippen molar-refractivity contribution in [2.45, 2.75) is 13.0 Å². The van der Waals surface area contributed by atoms with Crippen molar-refractivity contribution in [2.24, 2.45) is 0 Å². The van der Waals surface area contributed by atoms with E-state index in [-0.39, 0.29) is 39.9 Å². The van der Waals surface area contributed by atoms with Crippen molar-refractivity contribution in [3.63, 3.8) is 0 Å². The number of carbonyl (C=O) groups is 4. The van der Waals surface area contributed by atoms with E-state index in [1.165, 1.54) is 37.5 Å². The maximum Gasteiger partial charge on any atom is 0.361 e. The molecule has 1 heterocycles. The Balaban J connectivity index is 1.51. The summed E-state index contributed by atoms with van der Waals surface area (Å²) in [5.74, 6) is -2.20. The lowest BCUT2D eigenvalue weighted by molar-refractivity contribution is -0.123. The molecule has 0 aliphatic heterocycles. The van der Waals surface area contributed by atoms with E-state index in [1.807, 2.05) is 0 Å². The van der Waals surface area contributed by atoms with Crippen molar-refractivity contribution in [1.29, 1.82) is 0 Å². The van der Waals surface area contributed by atoms with Crippen LogP contribution in [-0.2, 0) is 9.53 Å². The molecule has 1 atom stereocenters. The SMILES string of the molecule is CC(OC(=O)c1nccnc1N)C(=O)Nc1ccc2c(c1)C(=O)c1ccccc1C2=O. The molecule has 154 valence electrons. The van der Waals surface area contributed by atoms with Gasteiger partial charge in [-0.2, -0.15) is 0 Å². The molecule has 1 aliphatic rings. The second kappa shape index (κ2) is 7.79. The molecule has 0 bridgehead atoms. The van der Waals surface area contributed by atoms with Gasteiger partial charge in [0.15, 0.2) is 29.2 Å². The van der Waals surface area contributed by atoms with E-state index in [9.17, 15) is 19.2 Å². The van der Waals surface area contributed by atoms with Crippen LogP contribution in [0.15, 0.2) is 54.9 Å². The first kappa shape index (κ1) is 19.9. The number of nitrogens with one attached hydrogen (secondary N) is 1. The van der Waals surface area contributed by atoms with Gasteiger partial charge in [-0.25, -0.2) is 14.8 Å². The van der Waals surface area contributed by atoms with Crippen molar-refractivity contribution in [2.75, 3.05) is 11.1 Å². The summed E-state index contributed by atoms with van der Waals surface area (Å²) in [4.78, 5) is 57.6. The highest BCUT2D eigenvalue weighted by molar-refractivity contribution is 6.28. The van der Waals surface area contributed by atoms with Gasteiger partial charge in [-0.15, -0.1) is 0 Å². The first-order chi connectivity index (χ1) is 14.9. The van der Waals surface area contributed by atoms with Crippen molar-refractivity contribution in [3.05, 3.63) is 82.8 Å². The number of benzene rings is 2. The van der Waals surface area contributed by atoms with Crippen LogP contribution in [0.3, 0.4) is 0 Å². The normalized spacial score (nSPS) is 13.1. The van der Waals surface area contributed by atoms with E-state index in [0.717, 1.165) is 0 Å². The number of aromatic nitrogens is 2. The van der Waals surface area contributed by atoms with Crippen molar-refractivity contribution in [3.8, 4) is 0 Å². The van der Waals surface area contributed by atoms with Crippen LogP contribution in [0.1, 0.15) is 49.3 Å². The number of nitrogen functional groups attached to an aromatic ring is 1. The van der Waals surface area contributed by atoms with E-state index >= 15 is 0 Å². The highest BCUT2D eigenvalue weighted by atomic mass is 16.5. The molecule has 9 heteroatoms. The predicted molar refractivity (Wildman–Crippen MR) is 110 cm³/mol. The zero-order chi connectivity index (χ0) is 22.1. The third-order valence-corrected chi connectivity index (χ3v) is 4.77. The molecule has 1 aromatic heterocycles. The van der Waals surface area contributed by atoms with Crippen LogP contribution in [0.25, 0.3) is 0 Å². The van der Waals surface area contributed by atoms with E-state index in [4.69, 9.17) is 10.5 Å². The molecule has 1 unspecified atom stereocenters. The van der Waals surface area contributed by atoms with Crippen LogP contribution in [0.4, 0.5) is 11.5 Å². The summed E-state index contributed by atoms with van der Waals surface area (Å²) in [5.41, 5.74) is 6.79. The topological polar surface area (TPSA) is 141 Å². The largest absolute Gasteiger partial charge is 0.448 e. The van der Waals surface area contributed by atoms with Gasteiger partial charge in [0.2, 0.25) is 0 Å². The van der Waals surface area contributed by atoms with E-state index in [1.54, 1.807) is 24.3 Å². The van der Waals surface area contributed by atoms with Crippen LogP contribution in [0.5, 0.6) is 0 Å². The van der Waals surface area contributed by atoms with Gasteiger partial charge in [-0.3, -0.25) is 14.4 Å². The van der Waals surface area contributed by atoms with E-state index in [2.05, 4.69) is 15.3 Å². The Bertz CT molecular complexity index is 1250. The minimum Gasteiger partial charge on any atom is -0.448 e. The summed E-state index contributed by atoms with van der Waals surface area (Å²) in [6.45, 7) is 1.38. The van der Waals surface area contributed by atoms with E-state index < -0.39 is 18.0 Å². The minimum absolute atomic E-state index is 0.113. The van der Waals surface area contributed by atoms with Crippen molar-refractivity contribution in [1.82, 2.24) is 9.97 Å². The molecule has 1 amide bonds. The lowest BCUT2D eigenvalue weighted by Crippen LogP contribution is -2.31. The zero-order valence-electron chi connectivity index (χ0n) is 16.3. The summed E-state index contributed by atoms with van der Waals surface area (Å²) >= 11 is 0. The summed E-state index contributed by atoms with van der Waals surface area (Å²) < 4.78 is 5.09. The Kier molecular flexibility index (Phi) is 5.00. The van der Waals surface area contributed by atoms with Gasteiger partial charge in [-0.1, -0.05) is 24.3 Å². The molecule has 0 radical (unpaired) electrons. The number of amides is 1. The second-order valence-corrected chi connectivity index (χ2v) is 6.79. The number of anilines is 2. The second-order valence-electron chi connectivity index (χ2n) is 6.79. The Labute approximate surface area is 176 Å². The van der Waals surface area contributed by atoms with Crippen LogP contribution in [0, 0.1) is 0 Å². The molecule has 3 aromatic rings. The van der Waals surface area contributed by atoms with Crippen LogP contribution < -0.4 is 11.1 Å². The van der Waals surface area contributed by atoms with E-state index in [0.29, 0.717) is 11.1 Å². The summed E-state index contributed by atoms with van der Waals surface area (Å²) in [6.07, 6.45) is 1.42. The maximum absolute atomic E-state index is 12.8. The lowest BCUT2D eigenvalue weighted by atomic mass is 9.84. The first-order valence-corrected chi connectivity index (χ1v) is 9.27. The predicted octanol–water partition coefficient (Wildman–Crippen LogP) is 2.02. The lowest BCUT2D eigenvalue weighted by Gasteiger charge is -2.19. The molecule has 4 rings (SSSR count). The summed E-state index contributed by atoms with van der Waals surface area (Å²) in [6, 6.07) is 11.0. The van der Waals surface area contributed by atoms with Gasteiger partial charge in [0.1, 0.15) is 0 Å². The fourth-order valence-corrected chi connectivity index (χ4v) is 3.20. The number of ether oxygens (including phenoxy) is 1. The number of ketones is 2. The van der Waals surface area contributed by atoms with Crippen molar-refractivity contribution >= 4 is 34.9 Å². The van der Waals surface area contributed by atoms with Crippen LogP contribution in [-0.4, -0.2) is 39.5 Å². The average Bonchev–Trinajstić information content (AvgIpc) is 2.77. The molecule has 3 N–H and O–H groups in total. The molecule has 1 aliphatic carbocycles. The standard InChI is InChI=1S/C22H16N4O5/c1-11(31-22(30)17-20(23)25-9-8-24-17)21(29)26-12-6-7-15-16(10-12)19(28)14-5-3-2-4-13(14)18(15)27/h2-11H,1H3,(H2,23,25)(H,26,29). The Hall–Kier alpha value is -4.40. The van der Waals surface area contributed by atoms with Crippen LogP contribution >= 0.6 is 0 Å². The molecule has 2 aromatic carbocycles. The molecular formula is C22H16N4O5. The maximum atomic E-state index is 12.8. The molecule has 31 heavy (non-hydrogen) atoms. The number of nitrogens with zero attached hydrogens (tertiary/aromatic N) is 2. The van der Waals surface area contributed by atoms with Gasteiger partial charge in [0.25, 0.3) is 5.91 Å². The summed E-state index contributed by atoms with van der Waals surface area (Å²) in [7, 11) is 0. The number of esters is 1. The van der Waals surface area contributed by atoms with Gasteiger partial charge >= 0.3 is 5.97 Å². The molecular weight excluding hydrogens is 400 g/mol. The quantitative estimate of drug-likeness (QED) is 0.481. The highest BCUT2D eigenvalue weighted by Crippen LogP contribution is 2.29. The Morgan fingerprint density at radius 1 is 0.935 bits per heavy atom. The smallest absolute Gasteiger partial charge is 0.361 e. The van der Waals surface area contributed by atoms with Gasteiger partial charge < -0.3 is 15.8 Å². The van der Waals surface area contributed by atoms with Gasteiger partial charge in [0, 0.05) is 40.3 Å². The third-order valence-electron chi connectivity index (χ3n) is 4.77. The fraction of sp³-hybridized carbons (Fsp3) is 0.0909. The third kappa shape index (κ3) is 3.64. The zero-order valence-corrected chi connectivity index (χ0v) is 16.3. The Morgan fingerprint density at radius 2 is 1.55 bits per heavy atom. The molecule has 0 saturated heterocycles. The summed E-state index contributed by atoms with van der Waals surface area (Å²) in [5, 5.41) is 2.58. The van der Waals surface area contributed by atoms with Gasteiger partial charge in [-0.05, 0) is 25.1 Å². The monoisotopic (exact) mass is 416 g/mol. The first-order valence-electron chi connectivity index (χ1n) is 9.27. The number of nitrogens with two attached hydrogens (primary N) is 1. The van der Waals surface area contributed by atoms with Crippen LogP contribution in [0.2, 0.25) is 0 Å². The molecule has 0 spiro atoms. The number of hydrogen-bond acceptors (Lipinski definition) is 8. The average molecular weight is 416 g/mol. The number of fused-ring (bicyclic) bond motifs is 2. The van der Waals surface area contributed by atoms with Gasteiger partial charge in [0.05, 0.1) is 0 Å². The molecule has 0 saturated carbocycles. The van der Waals surface area contributed by atoms with Crippen molar-refractivity contribution < 1.29 is 23.9 Å². The number of rotatable bonds is 4. The Morgan fingerprint density at radius 3 is 2.23 bits per heavy atom. The number of hydrogen-bond donors (Lipinski definition) is 2. The fourth-order valence-electron chi connectivity index (χ4n) is 3.20. The minimum atomic E-state index is -1.18.